The fourth-order valence-electron chi connectivity index (χ4n) is 3.89. The number of pyridine rings is 3. The van der Waals surface area contributed by atoms with Gasteiger partial charge in [-0.15, -0.1) is 0 Å². The third-order valence-electron chi connectivity index (χ3n) is 5.34. The molecule has 0 aliphatic rings. The van der Waals surface area contributed by atoms with Crippen molar-refractivity contribution in [3.8, 4) is 39.7 Å². The summed E-state index contributed by atoms with van der Waals surface area (Å²) in [6, 6.07) is 15.3. The van der Waals surface area contributed by atoms with E-state index >= 15 is 0 Å². The second-order valence-electron chi connectivity index (χ2n) is 7.40. The molecule has 1 aromatic carbocycles. The van der Waals surface area contributed by atoms with Crippen LogP contribution >= 0.6 is 0 Å². The fraction of sp³-hybridized carbons (Fsp3) is 0. The van der Waals surface area contributed by atoms with Crippen LogP contribution in [0, 0.1) is 5.82 Å². The molecule has 32 heavy (non-hydrogen) atoms. The van der Waals surface area contributed by atoms with Gasteiger partial charge in [-0.25, -0.2) is 9.37 Å². The molecule has 0 unspecified atom stereocenters. The van der Waals surface area contributed by atoms with Gasteiger partial charge in [-0.3, -0.25) is 15.1 Å². The highest BCUT2D eigenvalue weighted by atomic mass is 19.1. The highest BCUT2D eigenvalue weighted by Gasteiger charge is 2.16. The van der Waals surface area contributed by atoms with Gasteiger partial charge in [0.15, 0.2) is 0 Å². The zero-order chi connectivity index (χ0) is 21.7. The second kappa shape index (κ2) is 6.98. The van der Waals surface area contributed by atoms with Crippen molar-refractivity contribution in [2.24, 2.45) is 0 Å². The summed E-state index contributed by atoms with van der Waals surface area (Å²) in [6.45, 7) is 0. The van der Waals surface area contributed by atoms with E-state index in [0.717, 1.165) is 45.0 Å². The summed E-state index contributed by atoms with van der Waals surface area (Å²) in [5.41, 5.74) is 6.59. The molecular formula is C24H15FN6O. The van der Waals surface area contributed by atoms with Crippen LogP contribution in [0.3, 0.4) is 0 Å². The third kappa shape index (κ3) is 2.97. The predicted octanol–water partition coefficient (Wildman–Crippen LogP) is 5.07. The Morgan fingerprint density at radius 1 is 0.812 bits per heavy atom. The van der Waals surface area contributed by atoms with Crippen LogP contribution in [0.5, 0.6) is 5.75 Å². The summed E-state index contributed by atoms with van der Waals surface area (Å²) in [7, 11) is 0. The molecule has 0 radical (unpaired) electrons. The van der Waals surface area contributed by atoms with Crippen LogP contribution < -0.4 is 0 Å². The largest absolute Gasteiger partial charge is 0.508 e. The molecule has 5 aromatic heterocycles. The van der Waals surface area contributed by atoms with E-state index in [-0.39, 0.29) is 5.75 Å². The molecule has 0 amide bonds. The van der Waals surface area contributed by atoms with Gasteiger partial charge in [-0.2, -0.15) is 5.10 Å². The monoisotopic (exact) mass is 422 g/mol. The minimum atomic E-state index is -0.527. The lowest BCUT2D eigenvalue weighted by Gasteiger charge is -2.03. The van der Waals surface area contributed by atoms with Crippen LogP contribution in [0.4, 0.5) is 4.39 Å². The molecule has 0 atom stereocenters. The molecule has 0 aliphatic heterocycles. The molecule has 5 heterocycles. The van der Waals surface area contributed by atoms with E-state index in [2.05, 4.69) is 25.1 Å². The lowest BCUT2D eigenvalue weighted by molar-refractivity contribution is 0.469. The van der Waals surface area contributed by atoms with Crippen molar-refractivity contribution in [3.63, 3.8) is 0 Å². The fourth-order valence-corrected chi connectivity index (χ4v) is 3.89. The summed E-state index contributed by atoms with van der Waals surface area (Å²) >= 11 is 0. The van der Waals surface area contributed by atoms with Gasteiger partial charge in [0, 0.05) is 46.7 Å². The van der Waals surface area contributed by atoms with Crippen LogP contribution in [0.25, 0.3) is 55.8 Å². The van der Waals surface area contributed by atoms with Gasteiger partial charge < -0.3 is 10.1 Å². The molecule has 7 nitrogen and oxygen atoms in total. The molecule has 0 fully saturated rings. The number of phenols is 1. The number of phenolic OH excluding ortho intramolecular Hbond substituents is 1. The van der Waals surface area contributed by atoms with Gasteiger partial charge in [-0.05, 0) is 48.5 Å². The number of hydrogen-bond acceptors (Lipinski definition) is 5. The molecule has 8 heteroatoms. The molecule has 154 valence electrons. The van der Waals surface area contributed by atoms with E-state index in [9.17, 15) is 9.50 Å². The van der Waals surface area contributed by atoms with Gasteiger partial charge in [0.05, 0.1) is 22.6 Å². The van der Waals surface area contributed by atoms with E-state index in [1.54, 1.807) is 18.6 Å². The van der Waals surface area contributed by atoms with Crippen LogP contribution in [0.1, 0.15) is 0 Å². The number of rotatable bonds is 3. The summed E-state index contributed by atoms with van der Waals surface area (Å²) in [5, 5.41) is 18.1. The highest BCUT2D eigenvalue weighted by Crippen LogP contribution is 2.34. The molecular weight excluding hydrogens is 407 g/mol. The predicted molar refractivity (Wildman–Crippen MR) is 119 cm³/mol. The van der Waals surface area contributed by atoms with Crippen molar-refractivity contribution < 1.29 is 9.50 Å². The van der Waals surface area contributed by atoms with Crippen molar-refractivity contribution in [2.45, 2.75) is 0 Å². The van der Waals surface area contributed by atoms with Crippen molar-refractivity contribution in [1.29, 1.82) is 0 Å². The van der Waals surface area contributed by atoms with Gasteiger partial charge in [0.25, 0.3) is 0 Å². The highest BCUT2D eigenvalue weighted by molar-refractivity contribution is 5.99. The Morgan fingerprint density at radius 2 is 1.69 bits per heavy atom. The number of hydrogen-bond donors (Lipinski definition) is 3. The van der Waals surface area contributed by atoms with Crippen molar-refractivity contribution in [3.05, 3.63) is 79.0 Å². The number of nitrogens with one attached hydrogen (secondary N) is 2. The summed E-state index contributed by atoms with van der Waals surface area (Å²) in [4.78, 5) is 16.7. The van der Waals surface area contributed by atoms with E-state index in [1.807, 2.05) is 36.4 Å². The van der Waals surface area contributed by atoms with Crippen LogP contribution in [0.15, 0.2) is 73.2 Å². The first-order chi connectivity index (χ1) is 15.7. The minimum absolute atomic E-state index is 0.152. The Hall–Kier alpha value is -4.59. The summed E-state index contributed by atoms with van der Waals surface area (Å²) in [6.07, 6.45) is 5.10. The minimum Gasteiger partial charge on any atom is -0.508 e. The maximum absolute atomic E-state index is 13.9. The molecule has 3 N–H and O–H groups in total. The average molecular weight is 422 g/mol. The van der Waals surface area contributed by atoms with Gasteiger partial charge in [-0.1, -0.05) is 0 Å². The first-order valence-electron chi connectivity index (χ1n) is 9.89. The van der Waals surface area contributed by atoms with Crippen LogP contribution in [0.2, 0.25) is 0 Å². The Kier molecular flexibility index (Phi) is 3.97. The number of halogens is 1. The first kappa shape index (κ1) is 18.2. The Bertz CT molecular complexity index is 1590. The maximum atomic E-state index is 13.9. The standard InChI is InChI=1S/C24H15FN6O/c25-15-9-14(10-16(32)11-15)22-17-12-21(28-19(17)5-8-27-22)24-23-20(30-31-24)2-1-18(29-23)13-3-6-26-7-4-13/h1-12,28,32H,(H,30,31). The quantitative estimate of drug-likeness (QED) is 0.369. The number of fused-ring (bicyclic) bond motifs is 2. The van der Waals surface area contributed by atoms with Crippen molar-refractivity contribution >= 4 is 21.9 Å². The number of nitrogens with zero attached hydrogens (tertiary/aromatic N) is 4. The van der Waals surface area contributed by atoms with Crippen LogP contribution in [-0.4, -0.2) is 35.2 Å². The Morgan fingerprint density at radius 3 is 2.53 bits per heavy atom. The number of benzene rings is 1. The Balaban J connectivity index is 1.52. The van der Waals surface area contributed by atoms with Crippen LogP contribution in [-0.2, 0) is 0 Å². The van der Waals surface area contributed by atoms with E-state index < -0.39 is 5.82 Å². The topological polar surface area (TPSA) is 103 Å². The maximum Gasteiger partial charge on any atom is 0.135 e. The number of aromatic hydroxyl groups is 1. The smallest absolute Gasteiger partial charge is 0.135 e. The number of aromatic nitrogens is 6. The molecule has 0 bridgehead atoms. The van der Waals surface area contributed by atoms with Gasteiger partial charge in [0.1, 0.15) is 22.8 Å². The zero-order valence-corrected chi connectivity index (χ0v) is 16.5. The van der Waals surface area contributed by atoms with Gasteiger partial charge >= 0.3 is 0 Å². The lowest BCUT2D eigenvalue weighted by atomic mass is 10.1. The average Bonchev–Trinajstić information content (AvgIpc) is 3.42. The molecule has 0 saturated heterocycles. The zero-order valence-electron chi connectivity index (χ0n) is 16.5. The van der Waals surface area contributed by atoms with Gasteiger partial charge in [0.2, 0.25) is 0 Å². The Labute approximate surface area is 180 Å². The van der Waals surface area contributed by atoms with Crippen molar-refractivity contribution in [2.75, 3.05) is 0 Å². The number of aromatic amines is 2. The van der Waals surface area contributed by atoms with E-state index in [0.29, 0.717) is 17.0 Å². The SMILES string of the molecule is Oc1cc(F)cc(-c2nccc3[nH]c(-c4n[nH]c5ccc(-c6ccncc6)nc45)cc23)c1. The summed E-state index contributed by atoms with van der Waals surface area (Å²) < 4.78 is 13.9. The van der Waals surface area contributed by atoms with E-state index in [4.69, 9.17) is 4.98 Å². The van der Waals surface area contributed by atoms with Crippen molar-refractivity contribution in [1.82, 2.24) is 30.1 Å². The molecule has 6 rings (SSSR count). The van der Waals surface area contributed by atoms with E-state index in [1.165, 1.54) is 12.1 Å². The third-order valence-corrected chi connectivity index (χ3v) is 5.34. The number of H-pyrrole nitrogens is 2. The lowest BCUT2D eigenvalue weighted by Crippen LogP contribution is -1.86. The molecule has 0 spiro atoms. The molecule has 0 aliphatic carbocycles. The normalized spacial score (nSPS) is 11.4. The second-order valence-corrected chi connectivity index (χ2v) is 7.40. The first-order valence-corrected chi connectivity index (χ1v) is 9.89. The molecule has 0 saturated carbocycles. The molecule has 6 aromatic rings. The summed E-state index contributed by atoms with van der Waals surface area (Å²) in [5.74, 6) is -0.679.